The summed E-state index contributed by atoms with van der Waals surface area (Å²) in [5.74, 6) is 0.625. The number of carbonyl (C=O) groups is 1. The van der Waals surface area contributed by atoms with Gasteiger partial charge in [0.05, 0.1) is 10.7 Å². The number of para-hydroxylation sites is 1. The first-order chi connectivity index (χ1) is 12.0. The van der Waals surface area contributed by atoms with Crippen molar-refractivity contribution in [2.24, 2.45) is 0 Å². The van der Waals surface area contributed by atoms with E-state index in [1.807, 2.05) is 12.1 Å². The molecule has 25 heavy (non-hydrogen) atoms. The number of nitrogens with one attached hydrogen (secondary N) is 2. The fraction of sp³-hybridized carbons (Fsp3) is 0.0556. The van der Waals surface area contributed by atoms with Crippen molar-refractivity contribution in [1.29, 1.82) is 0 Å². The number of hydrogen-bond acceptors (Lipinski definition) is 4. The van der Waals surface area contributed by atoms with Crippen molar-refractivity contribution in [2.75, 3.05) is 10.6 Å². The van der Waals surface area contributed by atoms with Crippen LogP contribution in [0.25, 0.3) is 0 Å². The van der Waals surface area contributed by atoms with Crippen LogP contribution in [0.2, 0.25) is 10.0 Å². The number of aryl methyl sites for hydroxylation is 1. The maximum atomic E-state index is 12.5. The number of benzene rings is 2. The second kappa shape index (κ2) is 7.51. The summed E-state index contributed by atoms with van der Waals surface area (Å²) in [5.41, 5.74) is 1.57. The fourth-order valence-electron chi connectivity index (χ4n) is 2.18. The summed E-state index contributed by atoms with van der Waals surface area (Å²) >= 11 is 11.9. The molecule has 1 amide bonds. The third-order valence-corrected chi connectivity index (χ3v) is 3.89. The van der Waals surface area contributed by atoms with Crippen molar-refractivity contribution in [3.05, 3.63) is 76.2 Å². The standard InChI is InChI=1S/C18H14Cl2N4O/c1-11-21-16(18(25)24-15-5-3-2-4-14(15)20)10-17(22-11)23-13-8-6-12(19)7-9-13/h2-10H,1H3,(H,24,25)(H,21,22,23). The van der Waals surface area contributed by atoms with Crippen LogP contribution in [0.1, 0.15) is 16.3 Å². The molecule has 0 saturated carbocycles. The van der Waals surface area contributed by atoms with Gasteiger partial charge in [0.15, 0.2) is 0 Å². The summed E-state index contributed by atoms with van der Waals surface area (Å²) in [4.78, 5) is 20.9. The van der Waals surface area contributed by atoms with E-state index in [1.54, 1.807) is 49.4 Å². The van der Waals surface area contributed by atoms with Crippen LogP contribution in [0.4, 0.5) is 17.2 Å². The van der Waals surface area contributed by atoms with Gasteiger partial charge in [-0.15, -0.1) is 0 Å². The molecule has 1 heterocycles. The molecule has 0 fully saturated rings. The zero-order chi connectivity index (χ0) is 17.8. The first kappa shape index (κ1) is 17.2. The quantitative estimate of drug-likeness (QED) is 0.669. The van der Waals surface area contributed by atoms with Crippen LogP contribution in [0, 0.1) is 6.92 Å². The average molecular weight is 373 g/mol. The van der Waals surface area contributed by atoms with Crippen molar-refractivity contribution >= 4 is 46.3 Å². The van der Waals surface area contributed by atoms with Crippen molar-refractivity contribution in [3.63, 3.8) is 0 Å². The topological polar surface area (TPSA) is 66.9 Å². The molecule has 5 nitrogen and oxygen atoms in total. The normalized spacial score (nSPS) is 10.4. The van der Waals surface area contributed by atoms with Gasteiger partial charge in [0, 0.05) is 16.8 Å². The van der Waals surface area contributed by atoms with Crippen LogP contribution in [0.15, 0.2) is 54.6 Å². The second-order valence-corrected chi connectivity index (χ2v) is 6.10. The molecule has 0 aliphatic heterocycles. The number of anilines is 3. The molecule has 2 N–H and O–H groups in total. The Morgan fingerprint density at radius 1 is 1.00 bits per heavy atom. The predicted molar refractivity (Wildman–Crippen MR) is 101 cm³/mol. The number of aromatic nitrogens is 2. The molecular formula is C18H14Cl2N4O. The molecule has 0 aliphatic rings. The predicted octanol–water partition coefficient (Wildman–Crippen LogP) is 5.09. The molecule has 3 rings (SSSR count). The third-order valence-electron chi connectivity index (χ3n) is 3.31. The molecule has 0 spiro atoms. The third kappa shape index (κ3) is 4.47. The summed E-state index contributed by atoms with van der Waals surface area (Å²) in [6.45, 7) is 1.72. The molecule has 0 unspecified atom stereocenters. The van der Waals surface area contributed by atoms with Crippen molar-refractivity contribution in [3.8, 4) is 0 Å². The van der Waals surface area contributed by atoms with E-state index in [9.17, 15) is 4.79 Å². The SMILES string of the molecule is Cc1nc(Nc2ccc(Cl)cc2)cc(C(=O)Nc2ccccc2Cl)n1. The van der Waals surface area contributed by atoms with Crippen molar-refractivity contribution in [1.82, 2.24) is 9.97 Å². The van der Waals surface area contributed by atoms with Gasteiger partial charge >= 0.3 is 0 Å². The Hall–Kier alpha value is -2.63. The molecule has 1 aromatic heterocycles. The van der Waals surface area contributed by atoms with Gasteiger partial charge in [0.2, 0.25) is 0 Å². The minimum absolute atomic E-state index is 0.240. The van der Waals surface area contributed by atoms with Crippen LogP contribution < -0.4 is 10.6 Å². The molecule has 0 atom stereocenters. The Balaban J connectivity index is 1.82. The van der Waals surface area contributed by atoms with Crippen LogP contribution in [0.5, 0.6) is 0 Å². The van der Waals surface area contributed by atoms with Gasteiger partial charge in [-0.05, 0) is 43.3 Å². The number of rotatable bonds is 4. The summed E-state index contributed by atoms with van der Waals surface area (Å²) in [6.07, 6.45) is 0. The van der Waals surface area contributed by atoms with Crippen LogP contribution >= 0.6 is 23.2 Å². The summed E-state index contributed by atoms with van der Waals surface area (Å²) in [6, 6.07) is 15.8. The Morgan fingerprint density at radius 2 is 1.72 bits per heavy atom. The van der Waals surface area contributed by atoms with Gasteiger partial charge in [-0.3, -0.25) is 4.79 Å². The van der Waals surface area contributed by atoms with Gasteiger partial charge in [-0.2, -0.15) is 0 Å². The smallest absolute Gasteiger partial charge is 0.274 e. The molecular weight excluding hydrogens is 359 g/mol. The van der Waals surface area contributed by atoms with E-state index in [0.717, 1.165) is 5.69 Å². The molecule has 0 aliphatic carbocycles. The molecule has 126 valence electrons. The van der Waals surface area contributed by atoms with E-state index >= 15 is 0 Å². The Kier molecular flexibility index (Phi) is 5.16. The minimum Gasteiger partial charge on any atom is -0.340 e. The zero-order valence-corrected chi connectivity index (χ0v) is 14.8. The summed E-state index contributed by atoms with van der Waals surface area (Å²) in [5, 5.41) is 6.97. The maximum absolute atomic E-state index is 12.5. The van der Waals surface area contributed by atoms with E-state index in [0.29, 0.717) is 27.4 Å². The lowest BCUT2D eigenvalue weighted by Crippen LogP contribution is -2.15. The first-order valence-corrected chi connectivity index (χ1v) is 8.21. The number of halogens is 2. The summed E-state index contributed by atoms with van der Waals surface area (Å²) < 4.78 is 0. The van der Waals surface area contributed by atoms with E-state index in [1.165, 1.54) is 0 Å². The van der Waals surface area contributed by atoms with E-state index in [-0.39, 0.29) is 11.6 Å². The van der Waals surface area contributed by atoms with Crippen molar-refractivity contribution in [2.45, 2.75) is 6.92 Å². The average Bonchev–Trinajstić information content (AvgIpc) is 2.58. The molecule has 3 aromatic rings. The zero-order valence-electron chi connectivity index (χ0n) is 13.3. The van der Waals surface area contributed by atoms with E-state index in [2.05, 4.69) is 20.6 Å². The maximum Gasteiger partial charge on any atom is 0.274 e. The number of hydrogen-bond donors (Lipinski definition) is 2. The highest BCUT2D eigenvalue weighted by atomic mass is 35.5. The van der Waals surface area contributed by atoms with Crippen molar-refractivity contribution < 1.29 is 4.79 Å². The van der Waals surface area contributed by atoms with E-state index < -0.39 is 0 Å². The largest absolute Gasteiger partial charge is 0.340 e. The number of amides is 1. The number of nitrogens with zero attached hydrogens (tertiary/aromatic N) is 2. The van der Waals surface area contributed by atoms with Gasteiger partial charge < -0.3 is 10.6 Å². The molecule has 0 saturated heterocycles. The second-order valence-electron chi connectivity index (χ2n) is 5.25. The highest BCUT2D eigenvalue weighted by Crippen LogP contribution is 2.22. The first-order valence-electron chi connectivity index (χ1n) is 7.45. The molecule has 7 heteroatoms. The lowest BCUT2D eigenvalue weighted by molar-refractivity contribution is 0.102. The van der Waals surface area contributed by atoms with Gasteiger partial charge in [-0.25, -0.2) is 9.97 Å². The van der Waals surface area contributed by atoms with Crippen LogP contribution in [-0.2, 0) is 0 Å². The lowest BCUT2D eigenvalue weighted by Gasteiger charge is -2.10. The summed E-state index contributed by atoms with van der Waals surface area (Å²) in [7, 11) is 0. The fourth-order valence-corrected chi connectivity index (χ4v) is 2.49. The minimum atomic E-state index is -0.363. The van der Waals surface area contributed by atoms with Gasteiger partial charge in [0.25, 0.3) is 5.91 Å². The molecule has 0 radical (unpaired) electrons. The van der Waals surface area contributed by atoms with Crippen LogP contribution in [0.3, 0.4) is 0 Å². The highest BCUT2D eigenvalue weighted by molar-refractivity contribution is 6.33. The van der Waals surface area contributed by atoms with Crippen LogP contribution in [-0.4, -0.2) is 15.9 Å². The Morgan fingerprint density at radius 3 is 2.44 bits per heavy atom. The Bertz CT molecular complexity index is 913. The molecule has 0 bridgehead atoms. The highest BCUT2D eigenvalue weighted by Gasteiger charge is 2.12. The number of carbonyl (C=O) groups excluding carboxylic acids is 1. The lowest BCUT2D eigenvalue weighted by atomic mass is 10.3. The van der Waals surface area contributed by atoms with E-state index in [4.69, 9.17) is 23.2 Å². The molecule has 2 aromatic carbocycles. The van der Waals surface area contributed by atoms with Gasteiger partial charge in [0.1, 0.15) is 17.3 Å². The monoisotopic (exact) mass is 372 g/mol. The van der Waals surface area contributed by atoms with Gasteiger partial charge in [-0.1, -0.05) is 35.3 Å². The Labute approximate surface area is 155 Å².